The van der Waals surface area contributed by atoms with Crippen molar-refractivity contribution in [3.63, 3.8) is 0 Å². The molecule has 0 aliphatic carbocycles. The molecule has 0 radical (unpaired) electrons. The van der Waals surface area contributed by atoms with Crippen LogP contribution in [-0.4, -0.2) is 40.8 Å². The summed E-state index contributed by atoms with van der Waals surface area (Å²) < 4.78 is 2.07. The Hall–Kier alpha value is -1.92. The van der Waals surface area contributed by atoms with Crippen molar-refractivity contribution in [2.45, 2.75) is 6.92 Å². The van der Waals surface area contributed by atoms with Gasteiger partial charge in [0.1, 0.15) is 0 Å². The van der Waals surface area contributed by atoms with Crippen LogP contribution < -0.4 is 10.2 Å². The molecule has 108 valence electrons. The largest absolute Gasteiger partial charge is 0.369 e. The van der Waals surface area contributed by atoms with Crippen LogP contribution >= 0.6 is 11.3 Å². The molecule has 1 N–H and O–H groups in total. The third-order valence-electron chi connectivity index (χ3n) is 3.84. The van der Waals surface area contributed by atoms with Gasteiger partial charge in [-0.3, -0.25) is 4.40 Å². The van der Waals surface area contributed by atoms with Gasteiger partial charge < -0.3 is 10.2 Å². The number of piperazine rings is 1. The lowest BCUT2D eigenvalue weighted by molar-refractivity contribution is 0.589. The predicted molar refractivity (Wildman–Crippen MR) is 86.1 cm³/mol. The molecular formula is C15H17N5S. The number of pyridine rings is 1. The highest BCUT2D eigenvalue weighted by atomic mass is 32.1. The maximum absolute atomic E-state index is 4.36. The fraction of sp³-hybridized carbons (Fsp3) is 0.333. The van der Waals surface area contributed by atoms with Crippen LogP contribution in [0.2, 0.25) is 0 Å². The number of hydrogen-bond acceptors (Lipinski definition) is 5. The second-order valence-corrected chi connectivity index (χ2v) is 6.57. The van der Waals surface area contributed by atoms with Gasteiger partial charge in [0, 0.05) is 49.0 Å². The molecule has 1 aliphatic rings. The average molecular weight is 299 g/mol. The van der Waals surface area contributed by atoms with E-state index in [9.17, 15) is 0 Å². The molecule has 0 aromatic carbocycles. The first-order valence-corrected chi connectivity index (χ1v) is 8.00. The first-order valence-electron chi connectivity index (χ1n) is 7.18. The zero-order valence-corrected chi connectivity index (χ0v) is 12.7. The molecule has 1 fully saturated rings. The van der Waals surface area contributed by atoms with Crippen LogP contribution in [0.5, 0.6) is 0 Å². The van der Waals surface area contributed by atoms with Crippen LogP contribution in [0.4, 0.5) is 5.69 Å². The Morgan fingerprint density at radius 1 is 1.14 bits per heavy atom. The lowest BCUT2D eigenvalue weighted by Crippen LogP contribution is -2.43. The van der Waals surface area contributed by atoms with Gasteiger partial charge >= 0.3 is 0 Å². The number of hydrogen-bond donors (Lipinski definition) is 1. The summed E-state index contributed by atoms with van der Waals surface area (Å²) in [6.07, 6.45) is 2.08. The highest BCUT2D eigenvalue weighted by Gasteiger charge is 2.14. The van der Waals surface area contributed by atoms with Crippen molar-refractivity contribution < 1.29 is 0 Å². The summed E-state index contributed by atoms with van der Waals surface area (Å²) in [5.41, 5.74) is 2.14. The van der Waals surface area contributed by atoms with E-state index in [1.165, 1.54) is 10.6 Å². The van der Waals surface area contributed by atoms with E-state index < -0.39 is 0 Å². The van der Waals surface area contributed by atoms with Crippen molar-refractivity contribution in [2.75, 3.05) is 31.1 Å². The summed E-state index contributed by atoms with van der Waals surface area (Å²) in [6, 6.07) is 8.52. The Balaban J connectivity index is 1.73. The summed E-state index contributed by atoms with van der Waals surface area (Å²) >= 11 is 1.75. The van der Waals surface area contributed by atoms with Crippen molar-refractivity contribution >= 4 is 22.7 Å². The third kappa shape index (κ3) is 2.30. The molecule has 3 aromatic heterocycles. The van der Waals surface area contributed by atoms with E-state index in [-0.39, 0.29) is 0 Å². The number of nitrogens with zero attached hydrogens (tertiary/aromatic N) is 4. The van der Waals surface area contributed by atoms with E-state index in [1.807, 2.05) is 0 Å². The van der Waals surface area contributed by atoms with Crippen LogP contribution in [0.1, 0.15) is 4.88 Å². The van der Waals surface area contributed by atoms with Gasteiger partial charge in [-0.25, -0.2) is 0 Å². The van der Waals surface area contributed by atoms with Crippen LogP contribution in [0, 0.1) is 6.92 Å². The van der Waals surface area contributed by atoms with E-state index in [2.05, 4.69) is 62.2 Å². The van der Waals surface area contributed by atoms with Gasteiger partial charge in [-0.15, -0.1) is 21.5 Å². The standard InChI is InChI=1S/C15H17N5S/c1-11-2-3-13(21-11)15-18-17-14-10-12(4-7-20(14)15)19-8-5-16-6-9-19/h2-4,7,10,16H,5-6,8-9H2,1H3. The van der Waals surface area contributed by atoms with Crippen molar-refractivity contribution in [2.24, 2.45) is 0 Å². The van der Waals surface area contributed by atoms with Crippen molar-refractivity contribution in [1.82, 2.24) is 19.9 Å². The van der Waals surface area contributed by atoms with Gasteiger partial charge in [-0.1, -0.05) is 0 Å². The van der Waals surface area contributed by atoms with E-state index in [4.69, 9.17) is 0 Å². The highest BCUT2D eigenvalue weighted by molar-refractivity contribution is 7.15. The first kappa shape index (κ1) is 12.8. The minimum atomic E-state index is 0.909. The summed E-state index contributed by atoms with van der Waals surface area (Å²) in [7, 11) is 0. The summed E-state index contributed by atoms with van der Waals surface area (Å²) in [5.74, 6) is 0.926. The number of fused-ring (bicyclic) bond motifs is 1. The second-order valence-electron chi connectivity index (χ2n) is 5.28. The number of aromatic nitrogens is 3. The van der Waals surface area contributed by atoms with Gasteiger partial charge in [-0.2, -0.15) is 0 Å². The minimum absolute atomic E-state index is 0.909. The Kier molecular flexibility index (Phi) is 3.12. The molecule has 1 saturated heterocycles. The fourth-order valence-corrected chi connectivity index (χ4v) is 3.57. The van der Waals surface area contributed by atoms with Gasteiger partial charge in [0.25, 0.3) is 0 Å². The van der Waals surface area contributed by atoms with Gasteiger partial charge in [0.05, 0.1) is 4.88 Å². The number of aryl methyl sites for hydroxylation is 1. The maximum atomic E-state index is 4.36. The van der Waals surface area contributed by atoms with Crippen LogP contribution in [-0.2, 0) is 0 Å². The van der Waals surface area contributed by atoms with Gasteiger partial charge in [0.2, 0.25) is 0 Å². The van der Waals surface area contributed by atoms with Gasteiger partial charge in [0.15, 0.2) is 11.5 Å². The molecule has 0 saturated carbocycles. The van der Waals surface area contributed by atoms with Crippen molar-refractivity contribution in [1.29, 1.82) is 0 Å². The molecule has 6 heteroatoms. The van der Waals surface area contributed by atoms with Crippen LogP contribution in [0.3, 0.4) is 0 Å². The molecule has 5 nitrogen and oxygen atoms in total. The van der Waals surface area contributed by atoms with Crippen molar-refractivity contribution in [3.05, 3.63) is 35.3 Å². The fourth-order valence-electron chi connectivity index (χ4n) is 2.72. The SMILES string of the molecule is Cc1ccc(-c2nnc3cc(N4CCNCC4)ccn23)s1. The maximum Gasteiger partial charge on any atom is 0.178 e. The van der Waals surface area contributed by atoms with E-state index >= 15 is 0 Å². The number of thiophene rings is 1. The first-order chi connectivity index (χ1) is 10.3. The molecule has 0 atom stereocenters. The number of rotatable bonds is 2. The minimum Gasteiger partial charge on any atom is -0.369 e. The van der Waals surface area contributed by atoms with Gasteiger partial charge in [-0.05, 0) is 25.1 Å². The molecule has 0 spiro atoms. The highest BCUT2D eigenvalue weighted by Crippen LogP contribution is 2.27. The molecule has 0 unspecified atom stereocenters. The lowest BCUT2D eigenvalue weighted by atomic mass is 10.3. The Morgan fingerprint density at radius 3 is 2.76 bits per heavy atom. The smallest absolute Gasteiger partial charge is 0.178 e. The van der Waals surface area contributed by atoms with E-state index in [0.717, 1.165) is 42.5 Å². The normalized spacial score (nSPS) is 15.8. The number of nitrogens with one attached hydrogen (secondary N) is 1. The molecule has 4 heterocycles. The zero-order chi connectivity index (χ0) is 14.2. The van der Waals surface area contributed by atoms with Crippen molar-refractivity contribution in [3.8, 4) is 10.7 Å². The topological polar surface area (TPSA) is 45.5 Å². The van der Waals surface area contributed by atoms with E-state index in [0.29, 0.717) is 0 Å². The molecule has 1 aliphatic heterocycles. The monoisotopic (exact) mass is 299 g/mol. The molecule has 21 heavy (non-hydrogen) atoms. The van der Waals surface area contributed by atoms with E-state index in [1.54, 1.807) is 11.3 Å². The molecule has 0 bridgehead atoms. The Labute approximate surface area is 127 Å². The Bertz CT molecular complexity index is 769. The molecule has 3 aromatic rings. The molecule has 4 rings (SSSR count). The summed E-state index contributed by atoms with van der Waals surface area (Å²) in [4.78, 5) is 4.84. The molecule has 0 amide bonds. The predicted octanol–water partition coefficient (Wildman–Crippen LogP) is 2.18. The molecular weight excluding hydrogens is 282 g/mol. The second kappa shape index (κ2) is 5.13. The number of anilines is 1. The third-order valence-corrected chi connectivity index (χ3v) is 4.83. The lowest BCUT2D eigenvalue weighted by Gasteiger charge is -2.29. The zero-order valence-electron chi connectivity index (χ0n) is 11.9. The quantitative estimate of drug-likeness (QED) is 0.788. The summed E-state index contributed by atoms with van der Waals surface area (Å²) in [6.45, 7) is 6.28. The average Bonchev–Trinajstić information content (AvgIpc) is 3.13. The van der Waals surface area contributed by atoms with Crippen LogP contribution in [0.25, 0.3) is 16.3 Å². The summed E-state index contributed by atoms with van der Waals surface area (Å²) in [5, 5.41) is 12.1. The van der Waals surface area contributed by atoms with Crippen LogP contribution in [0.15, 0.2) is 30.5 Å². The Morgan fingerprint density at radius 2 is 2.00 bits per heavy atom.